The first-order chi connectivity index (χ1) is 10.5. The predicted molar refractivity (Wildman–Crippen MR) is 79.5 cm³/mol. The van der Waals surface area contributed by atoms with Crippen molar-refractivity contribution < 1.29 is 29.2 Å². The molecule has 1 aromatic carbocycles. The minimum atomic E-state index is -2.27. The van der Waals surface area contributed by atoms with Gasteiger partial charge in [-0.2, -0.15) is 0 Å². The molecular weight excluding hydrogens is 288 g/mol. The highest BCUT2D eigenvalue weighted by Crippen LogP contribution is 2.41. The van der Waals surface area contributed by atoms with E-state index in [1.54, 1.807) is 12.1 Å². The molecule has 0 fully saturated rings. The van der Waals surface area contributed by atoms with Gasteiger partial charge in [-0.05, 0) is 24.1 Å². The van der Waals surface area contributed by atoms with Gasteiger partial charge in [0.05, 0.1) is 0 Å². The molecule has 6 nitrogen and oxygen atoms in total. The molecule has 0 bridgehead atoms. The van der Waals surface area contributed by atoms with Crippen LogP contribution < -0.4 is 9.47 Å². The molecule has 1 aromatic rings. The first-order valence-corrected chi connectivity index (χ1v) is 6.72. The van der Waals surface area contributed by atoms with Gasteiger partial charge in [0.1, 0.15) is 6.10 Å². The smallest absolute Gasteiger partial charge is 0.360 e. The molecule has 0 spiro atoms. The molecule has 0 aromatic heterocycles. The third kappa shape index (κ3) is 2.86. The topological polar surface area (TPSA) is 77.4 Å². The van der Waals surface area contributed by atoms with Gasteiger partial charge in [0.2, 0.25) is 5.79 Å². The first-order valence-electron chi connectivity index (χ1n) is 6.72. The van der Waals surface area contributed by atoms with E-state index in [1.807, 2.05) is 0 Å². The van der Waals surface area contributed by atoms with Crippen LogP contribution in [0.3, 0.4) is 0 Å². The molecule has 120 valence electrons. The molecule has 1 aliphatic rings. The maximum atomic E-state index is 10.5. The van der Waals surface area contributed by atoms with Gasteiger partial charge in [0.25, 0.3) is 0 Å². The largest absolute Gasteiger partial charge is 0.428 e. The van der Waals surface area contributed by atoms with Crippen LogP contribution in [0.1, 0.15) is 11.1 Å². The van der Waals surface area contributed by atoms with Crippen LogP contribution in [0.15, 0.2) is 37.4 Å². The predicted octanol–water partition coefficient (Wildman–Crippen LogP) is 1.45. The maximum Gasteiger partial charge on any atom is 0.360 e. The summed E-state index contributed by atoms with van der Waals surface area (Å²) in [6.45, 7) is 6.38. The summed E-state index contributed by atoms with van der Waals surface area (Å²) in [4.78, 5) is 0. The van der Waals surface area contributed by atoms with E-state index in [2.05, 4.69) is 13.2 Å². The van der Waals surface area contributed by atoms with E-state index in [4.69, 9.17) is 18.9 Å². The molecule has 2 unspecified atom stereocenters. The zero-order valence-corrected chi connectivity index (χ0v) is 12.6. The molecule has 0 radical (unpaired) electrons. The Bertz CT molecular complexity index is 566. The standard InChI is InChI=1S/C16H20O6/c1-5-7-10-8-12-13(22-15(20-4)21-12)9-11(10)16(17,18)14(6-2)19-3/h5-6,8-9,14-15,17-18H,1-2,7H2,3-4H3. The average molecular weight is 308 g/mol. The van der Waals surface area contributed by atoms with Crippen LogP contribution in [-0.4, -0.2) is 37.0 Å². The van der Waals surface area contributed by atoms with Crippen LogP contribution in [0.2, 0.25) is 0 Å². The van der Waals surface area contributed by atoms with E-state index >= 15 is 0 Å². The Morgan fingerprint density at radius 2 is 1.91 bits per heavy atom. The van der Waals surface area contributed by atoms with Crippen LogP contribution in [0.5, 0.6) is 11.5 Å². The molecule has 1 aliphatic heterocycles. The van der Waals surface area contributed by atoms with Gasteiger partial charge in [-0.25, -0.2) is 0 Å². The van der Waals surface area contributed by atoms with Crippen LogP contribution in [-0.2, 0) is 21.7 Å². The highest BCUT2D eigenvalue weighted by molar-refractivity contribution is 5.51. The number of allylic oxidation sites excluding steroid dienone is 1. The monoisotopic (exact) mass is 308 g/mol. The number of aliphatic hydroxyl groups is 2. The van der Waals surface area contributed by atoms with Gasteiger partial charge in [-0.1, -0.05) is 12.2 Å². The van der Waals surface area contributed by atoms with E-state index in [-0.39, 0.29) is 5.56 Å². The highest BCUT2D eigenvalue weighted by Gasteiger charge is 2.39. The SMILES string of the molecule is C=CCc1cc2c(cc1C(O)(O)C(C=C)OC)OC(OC)O2. The molecule has 6 heteroatoms. The van der Waals surface area contributed by atoms with Gasteiger partial charge in [-0.3, -0.25) is 0 Å². The van der Waals surface area contributed by atoms with Crippen LogP contribution in [0.25, 0.3) is 0 Å². The number of hydrogen-bond acceptors (Lipinski definition) is 6. The quantitative estimate of drug-likeness (QED) is 0.586. The summed E-state index contributed by atoms with van der Waals surface area (Å²) in [7, 11) is 2.82. The second kappa shape index (κ2) is 6.50. The molecule has 2 atom stereocenters. The van der Waals surface area contributed by atoms with Crippen molar-refractivity contribution in [3.63, 3.8) is 0 Å². The lowest BCUT2D eigenvalue weighted by atomic mass is 9.92. The fraction of sp³-hybridized carbons (Fsp3) is 0.375. The van der Waals surface area contributed by atoms with Crippen molar-refractivity contribution in [2.24, 2.45) is 0 Å². The van der Waals surface area contributed by atoms with Crippen molar-refractivity contribution in [2.45, 2.75) is 24.8 Å². The fourth-order valence-electron chi connectivity index (χ4n) is 2.36. The van der Waals surface area contributed by atoms with Gasteiger partial charge in [0, 0.05) is 19.8 Å². The fourth-order valence-corrected chi connectivity index (χ4v) is 2.36. The minimum Gasteiger partial charge on any atom is -0.428 e. The molecule has 0 aliphatic carbocycles. The van der Waals surface area contributed by atoms with Gasteiger partial charge in [0.15, 0.2) is 11.5 Å². The Kier molecular flexibility index (Phi) is 4.87. The maximum absolute atomic E-state index is 10.5. The third-order valence-corrected chi connectivity index (χ3v) is 3.43. The molecule has 1 heterocycles. The third-order valence-electron chi connectivity index (χ3n) is 3.43. The molecule has 2 N–H and O–H groups in total. The summed E-state index contributed by atoms with van der Waals surface area (Å²) in [5.41, 5.74) is 0.862. The summed E-state index contributed by atoms with van der Waals surface area (Å²) in [6.07, 6.45) is 2.38. The molecule has 2 rings (SSSR count). The number of hydrogen-bond donors (Lipinski definition) is 2. The van der Waals surface area contributed by atoms with Gasteiger partial charge >= 0.3 is 6.48 Å². The molecular formula is C16H20O6. The highest BCUT2D eigenvalue weighted by atomic mass is 16.9. The van der Waals surface area contributed by atoms with Gasteiger partial charge in [-0.15, -0.1) is 13.2 Å². The van der Waals surface area contributed by atoms with E-state index in [0.29, 0.717) is 23.5 Å². The Morgan fingerprint density at radius 3 is 2.41 bits per heavy atom. The van der Waals surface area contributed by atoms with E-state index in [1.165, 1.54) is 26.4 Å². The second-order valence-electron chi connectivity index (χ2n) is 4.83. The number of ether oxygens (including phenoxy) is 4. The zero-order valence-electron chi connectivity index (χ0n) is 12.6. The van der Waals surface area contributed by atoms with Crippen LogP contribution in [0, 0.1) is 0 Å². The summed E-state index contributed by atoms with van der Waals surface area (Å²) in [6, 6.07) is 3.17. The van der Waals surface area contributed by atoms with Crippen molar-refractivity contribution in [1.29, 1.82) is 0 Å². The second-order valence-corrected chi connectivity index (χ2v) is 4.83. The van der Waals surface area contributed by atoms with Crippen molar-refractivity contribution in [3.8, 4) is 11.5 Å². The normalized spacial score (nSPS) is 18.1. The van der Waals surface area contributed by atoms with Crippen LogP contribution >= 0.6 is 0 Å². The van der Waals surface area contributed by atoms with E-state index in [9.17, 15) is 10.2 Å². The zero-order chi connectivity index (χ0) is 16.3. The first kappa shape index (κ1) is 16.5. The average Bonchev–Trinajstić information content (AvgIpc) is 2.89. The molecule has 0 saturated carbocycles. The Hall–Kier alpha value is -1.86. The van der Waals surface area contributed by atoms with Crippen molar-refractivity contribution in [2.75, 3.05) is 14.2 Å². The lowest BCUT2D eigenvalue weighted by Gasteiger charge is -2.30. The molecule has 0 amide bonds. The lowest BCUT2D eigenvalue weighted by molar-refractivity contribution is -0.227. The number of fused-ring (bicyclic) bond motifs is 1. The summed E-state index contributed by atoms with van der Waals surface area (Å²) in [5, 5.41) is 21.0. The Balaban J connectivity index is 2.50. The summed E-state index contributed by atoms with van der Waals surface area (Å²) < 4.78 is 20.9. The van der Waals surface area contributed by atoms with Crippen molar-refractivity contribution in [1.82, 2.24) is 0 Å². The van der Waals surface area contributed by atoms with Crippen LogP contribution in [0.4, 0.5) is 0 Å². The molecule has 0 saturated heterocycles. The van der Waals surface area contributed by atoms with E-state index in [0.717, 1.165) is 0 Å². The van der Waals surface area contributed by atoms with Gasteiger partial charge < -0.3 is 29.2 Å². The van der Waals surface area contributed by atoms with Crippen molar-refractivity contribution >= 4 is 0 Å². The molecule has 22 heavy (non-hydrogen) atoms. The van der Waals surface area contributed by atoms with Crippen molar-refractivity contribution in [3.05, 3.63) is 48.6 Å². The summed E-state index contributed by atoms with van der Waals surface area (Å²) in [5.74, 6) is -1.44. The van der Waals surface area contributed by atoms with E-state index < -0.39 is 18.4 Å². The number of methoxy groups -OCH3 is 2. The lowest BCUT2D eigenvalue weighted by Crippen LogP contribution is -2.40. The Labute approximate surface area is 129 Å². The Morgan fingerprint density at radius 1 is 1.27 bits per heavy atom. The number of benzene rings is 1. The number of rotatable bonds is 7. The minimum absolute atomic E-state index is 0.234. The summed E-state index contributed by atoms with van der Waals surface area (Å²) >= 11 is 0.